The predicted octanol–water partition coefficient (Wildman–Crippen LogP) is 2.16. The molecule has 0 saturated heterocycles. The molecule has 0 bridgehead atoms. The summed E-state index contributed by atoms with van der Waals surface area (Å²) in [4.78, 5) is 6.55. The van der Waals surface area contributed by atoms with Crippen molar-refractivity contribution in [3.05, 3.63) is 24.0 Å². The summed E-state index contributed by atoms with van der Waals surface area (Å²) in [5.74, 6) is 1.52. The highest BCUT2D eigenvalue weighted by Crippen LogP contribution is 2.09. The smallest absolute Gasteiger partial charge is 0.137 e. The van der Waals surface area contributed by atoms with Crippen LogP contribution in [0.15, 0.2) is 18.3 Å². The second-order valence-corrected chi connectivity index (χ2v) is 5.52. The average Bonchev–Trinajstić information content (AvgIpc) is 2.36. The number of aromatic nitrogens is 1. The van der Waals surface area contributed by atoms with E-state index in [4.69, 9.17) is 4.74 Å². The molecule has 0 radical (unpaired) electrons. The van der Waals surface area contributed by atoms with Crippen molar-refractivity contribution in [1.29, 1.82) is 0 Å². The van der Waals surface area contributed by atoms with E-state index >= 15 is 0 Å². The van der Waals surface area contributed by atoms with Crippen LogP contribution in [0, 0.1) is 5.92 Å². The van der Waals surface area contributed by atoms with Crippen LogP contribution in [0.5, 0.6) is 5.75 Å². The van der Waals surface area contributed by atoms with Crippen molar-refractivity contribution in [3.8, 4) is 5.75 Å². The number of hydrogen-bond acceptors (Lipinski definition) is 4. The maximum absolute atomic E-state index is 5.64. The van der Waals surface area contributed by atoms with E-state index in [9.17, 15) is 0 Å². The van der Waals surface area contributed by atoms with Crippen molar-refractivity contribution in [2.45, 2.75) is 26.8 Å². The van der Waals surface area contributed by atoms with Crippen LogP contribution >= 0.6 is 0 Å². The molecule has 1 heterocycles. The lowest BCUT2D eigenvalue weighted by Crippen LogP contribution is -2.19. The Hall–Kier alpha value is -1.13. The van der Waals surface area contributed by atoms with Gasteiger partial charge in [-0.15, -0.1) is 0 Å². The Morgan fingerprint density at radius 3 is 2.68 bits per heavy atom. The van der Waals surface area contributed by atoms with Crippen molar-refractivity contribution < 1.29 is 4.74 Å². The van der Waals surface area contributed by atoms with Gasteiger partial charge in [0.05, 0.1) is 18.5 Å². The van der Waals surface area contributed by atoms with Gasteiger partial charge in [0.15, 0.2) is 0 Å². The Balaban J connectivity index is 2.23. The first-order valence-corrected chi connectivity index (χ1v) is 7.01. The van der Waals surface area contributed by atoms with E-state index in [1.165, 1.54) is 0 Å². The molecule has 4 nitrogen and oxygen atoms in total. The van der Waals surface area contributed by atoms with Crippen molar-refractivity contribution in [3.63, 3.8) is 0 Å². The third-order valence-corrected chi connectivity index (χ3v) is 2.67. The first-order valence-electron chi connectivity index (χ1n) is 7.01. The van der Waals surface area contributed by atoms with Gasteiger partial charge in [0.25, 0.3) is 0 Å². The highest BCUT2D eigenvalue weighted by Gasteiger charge is 1.99. The molecule has 0 aliphatic carbocycles. The Morgan fingerprint density at radius 2 is 2.11 bits per heavy atom. The van der Waals surface area contributed by atoms with Gasteiger partial charge in [-0.05, 0) is 45.1 Å². The Morgan fingerprint density at radius 1 is 1.32 bits per heavy atom. The molecule has 0 fully saturated rings. The van der Waals surface area contributed by atoms with Gasteiger partial charge < -0.3 is 15.0 Å². The summed E-state index contributed by atoms with van der Waals surface area (Å²) in [5, 5.41) is 3.38. The van der Waals surface area contributed by atoms with Gasteiger partial charge in [-0.25, -0.2) is 0 Å². The second-order valence-electron chi connectivity index (χ2n) is 5.52. The van der Waals surface area contributed by atoms with Crippen molar-refractivity contribution >= 4 is 0 Å². The highest BCUT2D eigenvalue weighted by atomic mass is 16.5. The molecule has 19 heavy (non-hydrogen) atoms. The monoisotopic (exact) mass is 265 g/mol. The highest BCUT2D eigenvalue weighted by molar-refractivity contribution is 5.19. The number of rotatable bonds is 9. The van der Waals surface area contributed by atoms with Crippen LogP contribution in [0.25, 0.3) is 0 Å². The third kappa shape index (κ3) is 7.80. The molecule has 0 amide bonds. The maximum Gasteiger partial charge on any atom is 0.137 e. The summed E-state index contributed by atoms with van der Waals surface area (Å²) >= 11 is 0. The summed E-state index contributed by atoms with van der Waals surface area (Å²) in [6, 6.07) is 4.02. The van der Waals surface area contributed by atoms with Crippen LogP contribution in [0.4, 0.5) is 0 Å². The summed E-state index contributed by atoms with van der Waals surface area (Å²) < 4.78 is 5.64. The van der Waals surface area contributed by atoms with Gasteiger partial charge in [-0.1, -0.05) is 13.8 Å². The largest absolute Gasteiger partial charge is 0.492 e. The minimum absolute atomic E-state index is 0.666. The summed E-state index contributed by atoms with van der Waals surface area (Å²) in [6.45, 7) is 8.02. The lowest BCUT2D eigenvalue weighted by molar-refractivity contribution is 0.280. The normalized spacial score (nSPS) is 11.3. The topological polar surface area (TPSA) is 37.4 Å². The van der Waals surface area contributed by atoms with Crippen LogP contribution in [-0.2, 0) is 6.54 Å². The molecule has 4 heteroatoms. The lowest BCUT2D eigenvalue weighted by atomic mass is 10.2. The fourth-order valence-corrected chi connectivity index (χ4v) is 1.66. The number of ether oxygens (including phenoxy) is 1. The third-order valence-electron chi connectivity index (χ3n) is 2.67. The molecule has 108 valence electrons. The van der Waals surface area contributed by atoms with Crippen LogP contribution in [0.2, 0.25) is 0 Å². The van der Waals surface area contributed by atoms with Crippen molar-refractivity contribution in [1.82, 2.24) is 15.2 Å². The zero-order valence-electron chi connectivity index (χ0n) is 12.6. The fraction of sp³-hybridized carbons (Fsp3) is 0.667. The number of hydrogen-bond donors (Lipinski definition) is 1. The lowest BCUT2D eigenvalue weighted by Gasteiger charge is -2.10. The first kappa shape index (κ1) is 15.9. The Labute approximate surface area is 117 Å². The molecule has 0 aliphatic rings. The molecule has 1 aromatic heterocycles. The molecule has 0 saturated carbocycles. The van der Waals surface area contributed by atoms with Gasteiger partial charge >= 0.3 is 0 Å². The molecule has 1 N–H and O–H groups in total. The zero-order chi connectivity index (χ0) is 14.1. The minimum Gasteiger partial charge on any atom is -0.492 e. The van der Waals surface area contributed by atoms with E-state index < -0.39 is 0 Å². The van der Waals surface area contributed by atoms with Gasteiger partial charge in [-0.3, -0.25) is 4.98 Å². The quantitative estimate of drug-likeness (QED) is 0.694. The van der Waals surface area contributed by atoms with Crippen LogP contribution in [0.3, 0.4) is 0 Å². The van der Waals surface area contributed by atoms with Crippen LogP contribution < -0.4 is 10.1 Å². The summed E-state index contributed by atoms with van der Waals surface area (Å²) in [6.07, 6.45) is 2.84. The van der Waals surface area contributed by atoms with Crippen LogP contribution in [-0.4, -0.2) is 43.7 Å². The first-order chi connectivity index (χ1) is 9.08. The van der Waals surface area contributed by atoms with E-state index in [0.29, 0.717) is 5.92 Å². The van der Waals surface area contributed by atoms with Gasteiger partial charge in [0.1, 0.15) is 5.75 Å². The van der Waals surface area contributed by atoms with E-state index in [1.54, 1.807) is 0 Å². The SMILES string of the molecule is CC(C)CNCc1ccc(OCCCN(C)C)cn1. The fourth-order valence-electron chi connectivity index (χ4n) is 1.66. The molecule has 0 atom stereocenters. The van der Waals surface area contributed by atoms with Crippen LogP contribution in [0.1, 0.15) is 26.0 Å². The van der Waals surface area contributed by atoms with Crippen molar-refractivity contribution in [2.24, 2.45) is 5.92 Å². The Kier molecular flexibility index (Phi) is 7.45. The number of nitrogens with zero attached hydrogens (tertiary/aromatic N) is 2. The van der Waals surface area contributed by atoms with Gasteiger partial charge in [0, 0.05) is 13.1 Å². The molecule has 0 spiro atoms. The van der Waals surface area contributed by atoms with Crippen molar-refractivity contribution in [2.75, 3.05) is 33.8 Å². The summed E-state index contributed by atoms with van der Waals surface area (Å²) in [5.41, 5.74) is 1.06. The molecule has 0 aliphatic heterocycles. The molecular formula is C15H27N3O. The average molecular weight is 265 g/mol. The molecule has 0 unspecified atom stereocenters. The minimum atomic E-state index is 0.666. The standard InChI is InChI=1S/C15H27N3O/c1-13(2)10-16-11-14-6-7-15(12-17-14)19-9-5-8-18(3)4/h6-7,12-13,16H,5,8-11H2,1-4H3. The summed E-state index contributed by atoms with van der Waals surface area (Å²) in [7, 11) is 4.14. The van der Waals surface area contributed by atoms with E-state index in [-0.39, 0.29) is 0 Å². The zero-order valence-corrected chi connectivity index (χ0v) is 12.6. The van der Waals surface area contributed by atoms with Gasteiger partial charge in [0.2, 0.25) is 0 Å². The molecular weight excluding hydrogens is 238 g/mol. The predicted molar refractivity (Wildman–Crippen MR) is 79.4 cm³/mol. The number of pyridine rings is 1. The van der Waals surface area contributed by atoms with E-state index in [2.05, 4.69) is 43.1 Å². The maximum atomic E-state index is 5.64. The van der Waals surface area contributed by atoms with Gasteiger partial charge in [-0.2, -0.15) is 0 Å². The second kappa shape index (κ2) is 8.88. The van der Waals surface area contributed by atoms with E-state index in [0.717, 1.165) is 44.1 Å². The molecule has 0 aromatic carbocycles. The number of nitrogens with one attached hydrogen (secondary N) is 1. The molecule has 1 rings (SSSR count). The Bertz CT molecular complexity index is 336. The molecule has 1 aromatic rings. The van der Waals surface area contributed by atoms with E-state index in [1.807, 2.05) is 18.3 Å².